The zero-order valence-electron chi connectivity index (χ0n) is 10.5. The second-order valence-corrected chi connectivity index (χ2v) is 5.19. The largest absolute Gasteiger partial charge is 0.392 e. The molecule has 1 aliphatic rings. The van der Waals surface area contributed by atoms with Crippen LogP contribution in [-0.2, 0) is 0 Å². The van der Waals surface area contributed by atoms with E-state index in [0.29, 0.717) is 13.0 Å². The van der Waals surface area contributed by atoms with E-state index < -0.39 is 0 Å². The van der Waals surface area contributed by atoms with Crippen molar-refractivity contribution in [2.75, 3.05) is 13.6 Å². The number of nitriles is 1. The molecule has 2 atom stereocenters. The molecule has 92 valence electrons. The first-order valence-electron chi connectivity index (χ1n) is 6.38. The standard InChI is InChI=1S/C13H24N2O/c1-11(7-8-14)15(2)10-13(16)9-12-5-3-4-6-12/h11-13,16H,3-7,9-10H2,1-2H3. The van der Waals surface area contributed by atoms with Gasteiger partial charge in [-0.15, -0.1) is 0 Å². The average Bonchev–Trinajstić information content (AvgIpc) is 2.70. The minimum absolute atomic E-state index is 0.228. The highest BCUT2D eigenvalue weighted by Gasteiger charge is 2.20. The number of rotatable bonds is 6. The maximum Gasteiger partial charge on any atom is 0.0669 e. The first-order chi connectivity index (χ1) is 7.63. The van der Waals surface area contributed by atoms with Crippen LogP contribution in [0.25, 0.3) is 0 Å². The van der Waals surface area contributed by atoms with Crippen LogP contribution in [0.1, 0.15) is 45.4 Å². The molecule has 0 aromatic rings. The van der Waals surface area contributed by atoms with E-state index >= 15 is 0 Å². The number of hydrogen-bond donors (Lipinski definition) is 1. The van der Waals surface area contributed by atoms with Crippen LogP contribution in [0.5, 0.6) is 0 Å². The van der Waals surface area contributed by atoms with Crippen LogP contribution in [0.4, 0.5) is 0 Å². The summed E-state index contributed by atoms with van der Waals surface area (Å²) in [4.78, 5) is 2.09. The summed E-state index contributed by atoms with van der Waals surface area (Å²) < 4.78 is 0. The van der Waals surface area contributed by atoms with E-state index in [9.17, 15) is 5.11 Å². The molecule has 16 heavy (non-hydrogen) atoms. The fourth-order valence-electron chi connectivity index (χ4n) is 2.51. The van der Waals surface area contributed by atoms with Gasteiger partial charge in [0.25, 0.3) is 0 Å². The monoisotopic (exact) mass is 224 g/mol. The van der Waals surface area contributed by atoms with Gasteiger partial charge in [-0.25, -0.2) is 0 Å². The third-order valence-corrected chi connectivity index (χ3v) is 3.72. The van der Waals surface area contributed by atoms with Gasteiger partial charge >= 0.3 is 0 Å². The molecule has 1 rings (SSSR count). The predicted molar refractivity (Wildman–Crippen MR) is 64.9 cm³/mol. The number of aliphatic hydroxyl groups excluding tert-OH is 1. The summed E-state index contributed by atoms with van der Waals surface area (Å²) in [5.41, 5.74) is 0. The van der Waals surface area contributed by atoms with E-state index in [1.54, 1.807) is 0 Å². The number of hydrogen-bond acceptors (Lipinski definition) is 3. The maximum absolute atomic E-state index is 9.97. The van der Waals surface area contributed by atoms with Gasteiger partial charge in [-0.1, -0.05) is 25.7 Å². The van der Waals surface area contributed by atoms with Crippen molar-refractivity contribution in [2.24, 2.45) is 5.92 Å². The zero-order chi connectivity index (χ0) is 12.0. The molecule has 3 nitrogen and oxygen atoms in total. The Balaban J connectivity index is 2.21. The van der Waals surface area contributed by atoms with Crippen LogP contribution < -0.4 is 0 Å². The van der Waals surface area contributed by atoms with E-state index in [2.05, 4.69) is 11.0 Å². The highest BCUT2D eigenvalue weighted by atomic mass is 16.3. The van der Waals surface area contributed by atoms with Gasteiger partial charge in [-0.3, -0.25) is 0 Å². The molecule has 0 heterocycles. The van der Waals surface area contributed by atoms with Crippen LogP contribution in [0.15, 0.2) is 0 Å². The minimum atomic E-state index is -0.228. The van der Waals surface area contributed by atoms with Crippen LogP contribution in [0.3, 0.4) is 0 Å². The lowest BCUT2D eigenvalue weighted by Gasteiger charge is -2.26. The molecule has 1 saturated carbocycles. The quantitative estimate of drug-likeness (QED) is 0.752. The highest BCUT2D eigenvalue weighted by Crippen LogP contribution is 2.28. The third kappa shape index (κ3) is 4.51. The van der Waals surface area contributed by atoms with Crippen molar-refractivity contribution in [3.63, 3.8) is 0 Å². The van der Waals surface area contributed by atoms with Crippen molar-refractivity contribution >= 4 is 0 Å². The SMILES string of the molecule is CC(CC#N)N(C)CC(O)CC1CCCC1. The molecule has 2 unspecified atom stereocenters. The topological polar surface area (TPSA) is 47.3 Å². The Bertz CT molecular complexity index is 231. The molecular weight excluding hydrogens is 200 g/mol. The lowest BCUT2D eigenvalue weighted by molar-refractivity contribution is 0.0882. The third-order valence-electron chi connectivity index (χ3n) is 3.72. The summed E-state index contributed by atoms with van der Waals surface area (Å²) in [6.45, 7) is 2.73. The van der Waals surface area contributed by atoms with E-state index in [0.717, 1.165) is 12.3 Å². The summed E-state index contributed by atoms with van der Waals surface area (Å²) in [5, 5.41) is 18.6. The van der Waals surface area contributed by atoms with Crippen molar-refractivity contribution in [1.29, 1.82) is 5.26 Å². The molecule has 3 heteroatoms. The predicted octanol–water partition coefficient (Wildman–Crippen LogP) is 2.16. The normalized spacial score (nSPS) is 20.9. The van der Waals surface area contributed by atoms with Crippen molar-refractivity contribution in [1.82, 2.24) is 4.90 Å². The number of nitrogens with zero attached hydrogens (tertiary/aromatic N) is 2. The molecule has 0 aliphatic heterocycles. The average molecular weight is 224 g/mol. The highest BCUT2D eigenvalue weighted by molar-refractivity contribution is 4.80. The van der Waals surface area contributed by atoms with E-state index in [-0.39, 0.29) is 12.1 Å². The van der Waals surface area contributed by atoms with Crippen LogP contribution in [-0.4, -0.2) is 35.7 Å². The second-order valence-electron chi connectivity index (χ2n) is 5.19. The maximum atomic E-state index is 9.97. The summed E-state index contributed by atoms with van der Waals surface area (Å²) in [6.07, 6.45) is 6.48. The van der Waals surface area contributed by atoms with E-state index in [1.807, 2.05) is 14.0 Å². The van der Waals surface area contributed by atoms with Gasteiger partial charge in [-0.2, -0.15) is 5.26 Å². The molecule has 0 radical (unpaired) electrons. The Morgan fingerprint density at radius 3 is 2.62 bits per heavy atom. The number of aliphatic hydroxyl groups is 1. The molecule has 0 saturated heterocycles. The summed E-state index contributed by atoms with van der Waals surface area (Å²) in [7, 11) is 1.99. The molecule has 0 spiro atoms. The van der Waals surface area contributed by atoms with Crippen LogP contribution in [0.2, 0.25) is 0 Å². The summed E-state index contributed by atoms with van der Waals surface area (Å²) in [6, 6.07) is 2.41. The lowest BCUT2D eigenvalue weighted by atomic mass is 9.99. The van der Waals surface area contributed by atoms with Crippen molar-refractivity contribution < 1.29 is 5.11 Å². The molecule has 1 aliphatic carbocycles. The Hall–Kier alpha value is -0.590. The van der Waals surface area contributed by atoms with Gasteiger partial charge in [0.2, 0.25) is 0 Å². The molecule has 0 bridgehead atoms. The molecule has 1 fully saturated rings. The van der Waals surface area contributed by atoms with Gasteiger partial charge in [0.15, 0.2) is 0 Å². The first kappa shape index (κ1) is 13.5. The first-order valence-corrected chi connectivity index (χ1v) is 6.38. The zero-order valence-corrected chi connectivity index (χ0v) is 10.5. The molecule has 1 N–H and O–H groups in total. The van der Waals surface area contributed by atoms with Crippen molar-refractivity contribution in [2.45, 2.75) is 57.6 Å². The Morgan fingerprint density at radius 1 is 1.44 bits per heavy atom. The van der Waals surface area contributed by atoms with Gasteiger partial charge in [0, 0.05) is 12.6 Å². The Labute approximate surface area is 99.1 Å². The molecular formula is C13H24N2O. The van der Waals surface area contributed by atoms with Crippen molar-refractivity contribution in [3.05, 3.63) is 0 Å². The van der Waals surface area contributed by atoms with E-state index in [4.69, 9.17) is 5.26 Å². The van der Waals surface area contributed by atoms with E-state index in [1.165, 1.54) is 25.7 Å². The fourth-order valence-corrected chi connectivity index (χ4v) is 2.51. The van der Waals surface area contributed by atoms with Gasteiger partial charge in [0.05, 0.1) is 18.6 Å². The number of likely N-dealkylation sites (N-methyl/N-ethyl adjacent to an activating group) is 1. The van der Waals surface area contributed by atoms with Gasteiger partial charge in [0.1, 0.15) is 0 Å². The smallest absolute Gasteiger partial charge is 0.0669 e. The molecule has 0 amide bonds. The summed E-state index contributed by atoms with van der Waals surface area (Å²) >= 11 is 0. The van der Waals surface area contributed by atoms with Gasteiger partial charge in [-0.05, 0) is 26.3 Å². The Morgan fingerprint density at radius 2 is 2.06 bits per heavy atom. The lowest BCUT2D eigenvalue weighted by Crippen LogP contribution is -2.36. The van der Waals surface area contributed by atoms with Crippen LogP contribution >= 0.6 is 0 Å². The second kappa shape index (κ2) is 6.88. The Kier molecular flexibility index (Phi) is 5.79. The van der Waals surface area contributed by atoms with Crippen molar-refractivity contribution in [3.8, 4) is 6.07 Å². The minimum Gasteiger partial charge on any atom is -0.392 e. The fraction of sp³-hybridized carbons (Fsp3) is 0.923. The molecule has 0 aromatic carbocycles. The van der Waals surface area contributed by atoms with Gasteiger partial charge < -0.3 is 10.0 Å². The molecule has 0 aromatic heterocycles. The summed E-state index contributed by atoms with van der Waals surface area (Å²) in [5.74, 6) is 0.731. The van der Waals surface area contributed by atoms with Crippen LogP contribution in [0, 0.1) is 17.2 Å².